The average Bonchev–Trinajstić information content (AvgIpc) is 3.30. The number of rotatable bonds is 4. The molecule has 0 aliphatic rings. The number of carbonyl (C=O) groups is 1. The Balaban J connectivity index is 1.71. The van der Waals surface area contributed by atoms with E-state index in [0.29, 0.717) is 11.1 Å². The van der Waals surface area contributed by atoms with Gasteiger partial charge in [0.25, 0.3) is 0 Å². The SMILES string of the molecule is COC(=O)c1cc(Cc2ccc(-c3cnn(C)c3)cc2)c(C)c2cc(C)oc12. The lowest BCUT2D eigenvalue weighted by Gasteiger charge is -2.11. The van der Waals surface area contributed by atoms with Crippen molar-refractivity contribution in [2.45, 2.75) is 20.3 Å². The third-order valence-corrected chi connectivity index (χ3v) is 5.10. The summed E-state index contributed by atoms with van der Waals surface area (Å²) < 4.78 is 12.5. The Kier molecular flexibility index (Phi) is 4.51. The van der Waals surface area contributed by atoms with E-state index in [1.807, 2.05) is 38.5 Å². The van der Waals surface area contributed by atoms with Crippen LogP contribution >= 0.6 is 0 Å². The zero-order valence-corrected chi connectivity index (χ0v) is 16.4. The molecule has 0 atom stereocenters. The first-order chi connectivity index (χ1) is 13.5. The molecule has 2 aromatic carbocycles. The Morgan fingerprint density at radius 1 is 1.14 bits per heavy atom. The lowest BCUT2D eigenvalue weighted by Crippen LogP contribution is -2.04. The molecule has 0 amide bonds. The van der Waals surface area contributed by atoms with Crippen molar-refractivity contribution in [3.05, 3.63) is 76.8 Å². The van der Waals surface area contributed by atoms with E-state index >= 15 is 0 Å². The van der Waals surface area contributed by atoms with E-state index in [9.17, 15) is 4.79 Å². The van der Waals surface area contributed by atoms with Crippen molar-refractivity contribution in [3.63, 3.8) is 0 Å². The van der Waals surface area contributed by atoms with Crippen LogP contribution in [0.25, 0.3) is 22.1 Å². The molecule has 28 heavy (non-hydrogen) atoms. The molecule has 0 radical (unpaired) electrons. The zero-order valence-electron chi connectivity index (χ0n) is 16.4. The largest absolute Gasteiger partial charge is 0.465 e. The predicted molar refractivity (Wildman–Crippen MR) is 108 cm³/mol. The summed E-state index contributed by atoms with van der Waals surface area (Å²) in [5, 5.41) is 5.18. The molecule has 0 aliphatic carbocycles. The van der Waals surface area contributed by atoms with Crippen molar-refractivity contribution in [3.8, 4) is 11.1 Å². The summed E-state index contributed by atoms with van der Waals surface area (Å²) in [5.41, 5.74) is 6.67. The number of carbonyl (C=O) groups excluding carboxylic acids is 1. The van der Waals surface area contributed by atoms with Gasteiger partial charge in [-0.1, -0.05) is 24.3 Å². The summed E-state index contributed by atoms with van der Waals surface area (Å²) >= 11 is 0. The first-order valence-electron chi connectivity index (χ1n) is 9.15. The van der Waals surface area contributed by atoms with Crippen molar-refractivity contribution >= 4 is 16.9 Å². The molecule has 0 aliphatic heterocycles. The zero-order chi connectivity index (χ0) is 19.8. The maximum atomic E-state index is 12.3. The number of furan rings is 1. The van der Waals surface area contributed by atoms with Crippen LogP contribution in [0, 0.1) is 13.8 Å². The van der Waals surface area contributed by atoms with Gasteiger partial charge >= 0.3 is 5.97 Å². The quantitative estimate of drug-likeness (QED) is 0.480. The van der Waals surface area contributed by atoms with E-state index in [1.165, 1.54) is 12.7 Å². The second kappa shape index (κ2) is 7.00. The minimum absolute atomic E-state index is 0.382. The molecule has 0 saturated carbocycles. The summed E-state index contributed by atoms with van der Waals surface area (Å²) in [6, 6.07) is 12.3. The van der Waals surface area contributed by atoms with Gasteiger partial charge in [0.2, 0.25) is 0 Å². The summed E-state index contributed by atoms with van der Waals surface area (Å²) in [6.07, 6.45) is 4.58. The number of fused-ring (bicyclic) bond motifs is 1. The van der Waals surface area contributed by atoms with E-state index < -0.39 is 0 Å². The number of hydrogen-bond donors (Lipinski definition) is 0. The minimum Gasteiger partial charge on any atom is -0.465 e. The van der Waals surface area contributed by atoms with E-state index in [1.54, 1.807) is 4.68 Å². The van der Waals surface area contributed by atoms with Crippen molar-refractivity contribution in [2.75, 3.05) is 7.11 Å². The fourth-order valence-corrected chi connectivity index (χ4v) is 3.56. The van der Waals surface area contributed by atoms with Crippen molar-refractivity contribution < 1.29 is 13.9 Å². The average molecular weight is 374 g/mol. The summed E-state index contributed by atoms with van der Waals surface area (Å²) in [7, 11) is 3.30. The molecule has 0 unspecified atom stereocenters. The lowest BCUT2D eigenvalue weighted by molar-refractivity contribution is 0.0601. The van der Waals surface area contributed by atoms with Crippen molar-refractivity contribution in [1.82, 2.24) is 9.78 Å². The number of benzene rings is 2. The highest BCUT2D eigenvalue weighted by atomic mass is 16.5. The van der Waals surface area contributed by atoms with Crippen LogP contribution in [-0.2, 0) is 18.2 Å². The molecular formula is C23H22N2O3. The van der Waals surface area contributed by atoms with E-state index in [4.69, 9.17) is 9.15 Å². The van der Waals surface area contributed by atoms with Gasteiger partial charge < -0.3 is 9.15 Å². The van der Waals surface area contributed by atoms with Gasteiger partial charge in [0.15, 0.2) is 0 Å². The number of nitrogens with zero attached hydrogens (tertiary/aromatic N) is 2. The summed E-state index contributed by atoms with van der Waals surface area (Å²) in [5.74, 6) is 0.397. The second-order valence-corrected chi connectivity index (χ2v) is 7.08. The molecule has 142 valence electrons. The highest BCUT2D eigenvalue weighted by Gasteiger charge is 2.19. The second-order valence-electron chi connectivity index (χ2n) is 7.08. The Labute approximate surface area is 163 Å². The highest BCUT2D eigenvalue weighted by Crippen LogP contribution is 2.31. The maximum absolute atomic E-state index is 12.3. The normalized spacial score (nSPS) is 11.1. The number of aryl methyl sites for hydroxylation is 3. The van der Waals surface area contributed by atoms with Crippen LogP contribution in [0.5, 0.6) is 0 Å². The van der Waals surface area contributed by atoms with Crippen molar-refractivity contribution in [1.29, 1.82) is 0 Å². The van der Waals surface area contributed by atoms with E-state index in [0.717, 1.165) is 39.8 Å². The summed E-state index contributed by atoms with van der Waals surface area (Å²) in [4.78, 5) is 12.3. The van der Waals surface area contributed by atoms with Crippen LogP contribution in [0.1, 0.15) is 32.8 Å². The van der Waals surface area contributed by atoms with Crippen LogP contribution in [0.2, 0.25) is 0 Å². The van der Waals surface area contributed by atoms with E-state index in [2.05, 4.69) is 36.3 Å². The molecule has 2 heterocycles. The molecule has 4 aromatic rings. The van der Waals surface area contributed by atoms with Crippen LogP contribution in [0.3, 0.4) is 0 Å². The fraction of sp³-hybridized carbons (Fsp3) is 0.217. The Morgan fingerprint density at radius 2 is 1.89 bits per heavy atom. The summed E-state index contributed by atoms with van der Waals surface area (Å²) in [6.45, 7) is 3.95. The first-order valence-corrected chi connectivity index (χ1v) is 9.15. The number of ether oxygens (including phenoxy) is 1. The molecular weight excluding hydrogens is 352 g/mol. The maximum Gasteiger partial charge on any atom is 0.341 e. The van der Waals surface area contributed by atoms with Crippen LogP contribution in [0.4, 0.5) is 0 Å². The number of hydrogen-bond acceptors (Lipinski definition) is 4. The predicted octanol–water partition coefficient (Wildman–Crippen LogP) is 4.83. The fourth-order valence-electron chi connectivity index (χ4n) is 3.56. The van der Waals surface area contributed by atoms with Crippen LogP contribution in [0.15, 0.2) is 53.2 Å². The molecule has 0 spiro atoms. The molecule has 5 heteroatoms. The Bertz CT molecular complexity index is 1170. The standard InChI is InChI=1S/C23H22N2O3/c1-14-9-20-15(2)18(11-21(22(20)28-14)23(26)27-4)10-16-5-7-17(8-6-16)19-12-24-25(3)13-19/h5-9,11-13H,10H2,1-4H3. The van der Waals surface area contributed by atoms with Gasteiger partial charge in [-0.15, -0.1) is 0 Å². The number of esters is 1. The third kappa shape index (κ3) is 3.20. The number of aromatic nitrogens is 2. The smallest absolute Gasteiger partial charge is 0.341 e. The van der Waals surface area contributed by atoms with Gasteiger partial charge in [0.1, 0.15) is 16.9 Å². The van der Waals surface area contributed by atoms with Gasteiger partial charge in [-0.05, 0) is 54.7 Å². The molecule has 0 bridgehead atoms. The van der Waals surface area contributed by atoms with Crippen LogP contribution in [-0.4, -0.2) is 22.9 Å². The Morgan fingerprint density at radius 3 is 2.54 bits per heavy atom. The molecule has 5 nitrogen and oxygen atoms in total. The van der Waals surface area contributed by atoms with Crippen molar-refractivity contribution in [2.24, 2.45) is 7.05 Å². The van der Waals surface area contributed by atoms with Gasteiger partial charge in [-0.3, -0.25) is 4.68 Å². The molecule has 4 rings (SSSR count). The molecule has 0 N–H and O–H groups in total. The minimum atomic E-state index is -0.382. The third-order valence-electron chi connectivity index (χ3n) is 5.10. The monoisotopic (exact) mass is 374 g/mol. The van der Waals surface area contributed by atoms with Crippen LogP contribution < -0.4 is 0 Å². The lowest BCUT2D eigenvalue weighted by atomic mass is 9.94. The van der Waals surface area contributed by atoms with E-state index in [-0.39, 0.29) is 5.97 Å². The molecule has 2 aromatic heterocycles. The highest BCUT2D eigenvalue weighted by molar-refractivity contribution is 6.03. The topological polar surface area (TPSA) is 57.3 Å². The Hall–Kier alpha value is -3.34. The number of methoxy groups -OCH3 is 1. The first kappa shape index (κ1) is 18.0. The molecule has 0 saturated heterocycles. The van der Waals surface area contributed by atoms with Gasteiger partial charge in [-0.25, -0.2) is 4.79 Å². The van der Waals surface area contributed by atoms with Gasteiger partial charge in [0, 0.05) is 24.2 Å². The molecule has 0 fully saturated rings. The van der Waals surface area contributed by atoms with Gasteiger partial charge in [0.05, 0.1) is 13.3 Å². The van der Waals surface area contributed by atoms with Gasteiger partial charge in [-0.2, -0.15) is 5.10 Å².